The van der Waals surface area contributed by atoms with Crippen LogP contribution in [-0.4, -0.2) is 37.5 Å². The van der Waals surface area contributed by atoms with Gasteiger partial charge in [-0.2, -0.15) is 10.2 Å². The van der Waals surface area contributed by atoms with Crippen LogP contribution in [0.2, 0.25) is 0 Å². The van der Waals surface area contributed by atoms with Crippen molar-refractivity contribution >= 4 is 56.1 Å². The molecule has 0 aromatic heterocycles. The molecule has 0 aliphatic carbocycles. The fourth-order valence-corrected chi connectivity index (χ4v) is 4.31. The highest BCUT2D eigenvalue weighted by molar-refractivity contribution is 9.10. The lowest BCUT2D eigenvalue weighted by atomic mass is 10.1. The van der Waals surface area contributed by atoms with Crippen LogP contribution in [0, 0.1) is 0 Å². The summed E-state index contributed by atoms with van der Waals surface area (Å²) in [7, 11) is 0. The molecule has 8 nitrogen and oxygen atoms in total. The van der Waals surface area contributed by atoms with Crippen molar-refractivity contribution in [1.82, 2.24) is 10.9 Å². The van der Waals surface area contributed by atoms with Gasteiger partial charge in [-0.05, 0) is 63.1 Å². The van der Waals surface area contributed by atoms with Gasteiger partial charge in [0, 0.05) is 32.9 Å². The van der Waals surface area contributed by atoms with Crippen LogP contribution >= 0.6 is 31.9 Å². The maximum absolute atomic E-state index is 12.0. The van der Waals surface area contributed by atoms with Crippen LogP contribution in [0.3, 0.4) is 0 Å². The smallest absolute Gasteiger partial charge is 0.240 e. The maximum Gasteiger partial charge on any atom is 0.240 e. The SMILES string of the molecule is CCOc1ccc(Br)cc1/C=N/NC(=O)CCCCCCCCC(=O)N/N=C/c1cc(Br)ccc1OCC. The van der Waals surface area contributed by atoms with Gasteiger partial charge in [-0.15, -0.1) is 0 Å². The second kappa shape index (κ2) is 18.5. The minimum atomic E-state index is -0.109. The van der Waals surface area contributed by atoms with E-state index in [0.29, 0.717) is 26.1 Å². The highest BCUT2D eigenvalue weighted by Crippen LogP contribution is 2.22. The first-order chi connectivity index (χ1) is 18.4. The molecule has 0 saturated heterocycles. The third kappa shape index (κ3) is 12.7. The molecule has 0 radical (unpaired) electrons. The standard InChI is InChI=1S/C28H36Br2N4O4/c1-3-37-25-15-13-23(29)17-21(25)19-31-33-27(35)11-9-7-5-6-8-10-12-28(36)34-32-20-22-18-24(30)14-16-26(22)38-4-2/h13-20H,3-12H2,1-2H3,(H,33,35)(H,34,36)/b31-19+,32-20+. The van der Waals surface area contributed by atoms with E-state index >= 15 is 0 Å². The van der Waals surface area contributed by atoms with Gasteiger partial charge in [-0.25, -0.2) is 10.9 Å². The predicted octanol–water partition coefficient (Wildman–Crippen LogP) is 6.73. The summed E-state index contributed by atoms with van der Waals surface area (Å²) in [5.74, 6) is 1.22. The first-order valence-corrected chi connectivity index (χ1v) is 14.5. The van der Waals surface area contributed by atoms with Crippen LogP contribution < -0.4 is 20.3 Å². The number of carbonyl (C=O) groups is 2. The van der Waals surface area contributed by atoms with E-state index in [1.807, 2.05) is 50.2 Å². The Labute approximate surface area is 241 Å². The number of nitrogens with one attached hydrogen (secondary N) is 2. The number of hydrogen-bond donors (Lipinski definition) is 2. The quantitative estimate of drug-likeness (QED) is 0.112. The summed E-state index contributed by atoms with van der Waals surface area (Å²) in [4.78, 5) is 24.1. The van der Waals surface area contributed by atoms with E-state index in [4.69, 9.17) is 9.47 Å². The number of amides is 2. The predicted molar refractivity (Wildman–Crippen MR) is 159 cm³/mol. The molecule has 206 valence electrons. The van der Waals surface area contributed by atoms with Crippen LogP contribution in [0.1, 0.15) is 76.3 Å². The fraction of sp³-hybridized carbons (Fsp3) is 0.429. The summed E-state index contributed by atoms with van der Waals surface area (Å²) < 4.78 is 13.0. The number of unbranched alkanes of at least 4 members (excludes halogenated alkanes) is 5. The lowest BCUT2D eigenvalue weighted by Gasteiger charge is -2.07. The van der Waals surface area contributed by atoms with E-state index in [-0.39, 0.29) is 11.8 Å². The van der Waals surface area contributed by atoms with E-state index < -0.39 is 0 Å². The third-order valence-corrected chi connectivity index (χ3v) is 6.37. The molecule has 10 heteroatoms. The summed E-state index contributed by atoms with van der Waals surface area (Å²) >= 11 is 6.86. The monoisotopic (exact) mass is 650 g/mol. The van der Waals surface area contributed by atoms with Gasteiger partial charge in [-0.1, -0.05) is 57.5 Å². The van der Waals surface area contributed by atoms with Gasteiger partial charge >= 0.3 is 0 Å². The summed E-state index contributed by atoms with van der Waals surface area (Å²) in [6.45, 7) is 4.95. The normalized spacial score (nSPS) is 11.2. The van der Waals surface area contributed by atoms with Crippen molar-refractivity contribution in [3.05, 3.63) is 56.5 Å². The van der Waals surface area contributed by atoms with Crippen molar-refractivity contribution < 1.29 is 19.1 Å². The Morgan fingerprint density at radius 2 is 1.11 bits per heavy atom. The number of hydrogen-bond acceptors (Lipinski definition) is 6. The fourth-order valence-electron chi connectivity index (χ4n) is 3.55. The van der Waals surface area contributed by atoms with E-state index in [1.165, 1.54) is 0 Å². The average Bonchev–Trinajstić information content (AvgIpc) is 2.89. The highest BCUT2D eigenvalue weighted by Gasteiger charge is 2.05. The Morgan fingerprint density at radius 3 is 1.50 bits per heavy atom. The maximum atomic E-state index is 12.0. The number of benzene rings is 2. The molecular weight excluding hydrogens is 616 g/mol. The van der Waals surface area contributed by atoms with Crippen molar-refractivity contribution in [1.29, 1.82) is 0 Å². The van der Waals surface area contributed by atoms with E-state index in [1.54, 1.807) is 12.4 Å². The van der Waals surface area contributed by atoms with Crippen molar-refractivity contribution in [3.63, 3.8) is 0 Å². The van der Waals surface area contributed by atoms with Crippen LogP contribution in [0.5, 0.6) is 11.5 Å². The molecular formula is C28H36Br2N4O4. The van der Waals surface area contributed by atoms with Gasteiger partial charge < -0.3 is 9.47 Å². The summed E-state index contributed by atoms with van der Waals surface area (Å²) in [5.41, 5.74) is 6.74. The number of halogens is 2. The van der Waals surface area contributed by atoms with Gasteiger partial charge in [0.1, 0.15) is 11.5 Å². The molecule has 0 atom stereocenters. The van der Waals surface area contributed by atoms with E-state index in [2.05, 4.69) is 52.9 Å². The van der Waals surface area contributed by atoms with Gasteiger partial charge in [-0.3, -0.25) is 9.59 Å². The van der Waals surface area contributed by atoms with Crippen LogP contribution in [-0.2, 0) is 9.59 Å². The number of nitrogens with zero attached hydrogens (tertiary/aromatic N) is 2. The molecule has 0 bridgehead atoms. The van der Waals surface area contributed by atoms with Crippen molar-refractivity contribution in [2.24, 2.45) is 10.2 Å². The zero-order chi connectivity index (χ0) is 27.6. The van der Waals surface area contributed by atoms with Crippen molar-refractivity contribution in [2.45, 2.75) is 65.2 Å². The number of hydrazone groups is 2. The Morgan fingerprint density at radius 1 is 0.711 bits per heavy atom. The number of rotatable bonds is 17. The second-order valence-electron chi connectivity index (χ2n) is 8.44. The van der Waals surface area contributed by atoms with Crippen molar-refractivity contribution in [2.75, 3.05) is 13.2 Å². The Balaban J connectivity index is 1.54. The van der Waals surface area contributed by atoms with Gasteiger partial charge in [0.2, 0.25) is 11.8 Å². The van der Waals surface area contributed by atoms with E-state index in [0.717, 1.165) is 70.1 Å². The highest BCUT2D eigenvalue weighted by atomic mass is 79.9. The summed E-state index contributed by atoms with van der Waals surface area (Å²) in [6, 6.07) is 11.3. The largest absolute Gasteiger partial charge is 0.493 e. The summed E-state index contributed by atoms with van der Waals surface area (Å²) in [5, 5.41) is 8.11. The molecule has 38 heavy (non-hydrogen) atoms. The molecule has 2 aromatic rings. The second-order valence-corrected chi connectivity index (χ2v) is 10.3. The number of ether oxygens (including phenoxy) is 2. The lowest BCUT2D eigenvalue weighted by molar-refractivity contribution is -0.122. The van der Waals surface area contributed by atoms with Crippen LogP contribution in [0.15, 0.2) is 55.5 Å². The van der Waals surface area contributed by atoms with Crippen LogP contribution in [0.25, 0.3) is 0 Å². The molecule has 2 rings (SSSR count). The lowest BCUT2D eigenvalue weighted by Crippen LogP contribution is -2.17. The molecule has 0 aliphatic heterocycles. The Kier molecular flexibility index (Phi) is 15.3. The molecule has 2 amide bonds. The molecule has 2 aromatic carbocycles. The van der Waals surface area contributed by atoms with E-state index in [9.17, 15) is 9.59 Å². The third-order valence-electron chi connectivity index (χ3n) is 5.39. The Hall–Kier alpha value is -2.72. The van der Waals surface area contributed by atoms with Crippen LogP contribution in [0.4, 0.5) is 0 Å². The van der Waals surface area contributed by atoms with Crippen molar-refractivity contribution in [3.8, 4) is 11.5 Å². The zero-order valence-corrected chi connectivity index (χ0v) is 25.1. The molecule has 0 saturated carbocycles. The first kappa shape index (κ1) is 31.5. The topological polar surface area (TPSA) is 101 Å². The van der Waals surface area contributed by atoms with Gasteiger partial charge in [0.15, 0.2) is 0 Å². The molecule has 0 spiro atoms. The van der Waals surface area contributed by atoms with Gasteiger partial charge in [0.25, 0.3) is 0 Å². The average molecular weight is 652 g/mol. The minimum absolute atomic E-state index is 0.109. The summed E-state index contributed by atoms with van der Waals surface area (Å²) in [6.07, 6.45) is 9.61. The number of carbonyl (C=O) groups excluding carboxylic acids is 2. The Bertz CT molecular complexity index is 1010. The molecule has 0 heterocycles. The molecule has 0 aliphatic rings. The van der Waals surface area contributed by atoms with Gasteiger partial charge in [0.05, 0.1) is 25.6 Å². The minimum Gasteiger partial charge on any atom is -0.493 e. The first-order valence-electron chi connectivity index (χ1n) is 12.9. The molecule has 0 fully saturated rings. The molecule has 2 N–H and O–H groups in total. The molecule has 0 unspecified atom stereocenters. The zero-order valence-electron chi connectivity index (χ0n) is 22.0.